The fraction of sp³-hybridized carbons (Fsp3) is 0.636. The van der Waals surface area contributed by atoms with Crippen molar-refractivity contribution in [3.05, 3.63) is 25.9 Å². The van der Waals surface area contributed by atoms with Crippen LogP contribution in [0, 0.1) is 10.5 Å². The smallest absolute Gasteiger partial charge is 0.266 e. The summed E-state index contributed by atoms with van der Waals surface area (Å²) in [5, 5.41) is 3.32. The average Bonchev–Trinajstić information content (AvgIpc) is 2.28. The highest BCUT2D eigenvalue weighted by atomic mass is 127. The average molecular weight is 335 g/mol. The van der Waals surface area contributed by atoms with Crippen molar-refractivity contribution in [3.8, 4) is 0 Å². The quantitative estimate of drug-likeness (QED) is 0.634. The number of halogens is 1. The van der Waals surface area contributed by atoms with E-state index in [0.717, 1.165) is 38.3 Å². The topological polar surface area (TPSA) is 46.9 Å². The van der Waals surface area contributed by atoms with Gasteiger partial charge >= 0.3 is 0 Å². The van der Waals surface area contributed by atoms with Crippen molar-refractivity contribution >= 4 is 22.6 Å². The van der Waals surface area contributed by atoms with Crippen LogP contribution in [0.4, 0.5) is 0 Å². The molecule has 1 heterocycles. The number of nitrogens with one attached hydrogen (secondary N) is 1. The summed E-state index contributed by atoms with van der Waals surface area (Å²) in [4.78, 5) is 16.0. The number of hydrogen-bond donors (Lipinski definition) is 1. The summed E-state index contributed by atoms with van der Waals surface area (Å²) in [6.07, 6.45) is 3.73. The highest BCUT2D eigenvalue weighted by Crippen LogP contribution is 1.98. The fourth-order valence-corrected chi connectivity index (χ4v) is 1.91. The molecule has 4 nitrogen and oxygen atoms in total. The molecule has 0 unspecified atom stereocenters. The molecule has 0 fully saturated rings. The van der Waals surface area contributed by atoms with Gasteiger partial charge in [-0.25, -0.2) is 4.98 Å². The van der Waals surface area contributed by atoms with Crippen molar-refractivity contribution in [2.75, 3.05) is 13.1 Å². The molecular weight excluding hydrogens is 317 g/mol. The van der Waals surface area contributed by atoms with Gasteiger partial charge < -0.3 is 5.32 Å². The number of hydrogen-bond acceptors (Lipinski definition) is 3. The van der Waals surface area contributed by atoms with Crippen molar-refractivity contribution < 1.29 is 0 Å². The number of nitrogens with zero attached hydrogens (tertiary/aromatic N) is 2. The molecule has 0 saturated carbocycles. The molecule has 0 radical (unpaired) electrons. The van der Waals surface area contributed by atoms with E-state index < -0.39 is 0 Å². The lowest BCUT2D eigenvalue weighted by Gasteiger charge is -2.09. The zero-order valence-electron chi connectivity index (χ0n) is 9.79. The fourth-order valence-electron chi connectivity index (χ4n) is 1.48. The van der Waals surface area contributed by atoms with E-state index in [2.05, 4.69) is 17.2 Å². The molecule has 0 atom stereocenters. The van der Waals surface area contributed by atoms with E-state index >= 15 is 0 Å². The Morgan fingerprint density at radius 2 is 2.25 bits per heavy atom. The molecule has 16 heavy (non-hydrogen) atoms. The normalized spacial score (nSPS) is 10.7. The Balaban J connectivity index is 2.54. The van der Waals surface area contributed by atoms with Crippen LogP contribution in [0.2, 0.25) is 0 Å². The molecule has 90 valence electrons. The van der Waals surface area contributed by atoms with Gasteiger partial charge in [0.25, 0.3) is 5.56 Å². The van der Waals surface area contributed by atoms with Gasteiger partial charge in [-0.05, 0) is 55.4 Å². The van der Waals surface area contributed by atoms with Gasteiger partial charge in [0.1, 0.15) is 5.82 Å². The van der Waals surface area contributed by atoms with Crippen LogP contribution in [0.25, 0.3) is 0 Å². The van der Waals surface area contributed by atoms with Gasteiger partial charge in [0.15, 0.2) is 0 Å². The molecule has 0 aliphatic rings. The van der Waals surface area contributed by atoms with Crippen molar-refractivity contribution in [1.29, 1.82) is 0 Å². The van der Waals surface area contributed by atoms with Crippen molar-refractivity contribution in [2.24, 2.45) is 0 Å². The Hall–Kier alpha value is -0.430. The van der Waals surface area contributed by atoms with Crippen molar-refractivity contribution in [2.45, 2.75) is 33.2 Å². The molecule has 1 aromatic rings. The molecule has 1 N–H and O–H groups in total. The summed E-state index contributed by atoms with van der Waals surface area (Å²) in [7, 11) is 0. The lowest BCUT2D eigenvalue weighted by molar-refractivity contribution is 0.550. The molecule has 0 bridgehead atoms. The molecular formula is C11H18IN3O. The monoisotopic (exact) mass is 335 g/mol. The first-order valence-corrected chi connectivity index (χ1v) is 6.67. The van der Waals surface area contributed by atoms with Crippen molar-refractivity contribution in [1.82, 2.24) is 14.9 Å². The van der Waals surface area contributed by atoms with Crippen LogP contribution in [0.1, 0.15) is 25.6 Å². The maximum atomic E-state index is 11.8. The summed E-state index contributed by atoms with van der Waals surface area (Å²) >= 11 is 2.03. The lowest BCUT2D eigenvalue weighted by Crippen LogP contribution is -2.27. The molecule has 0 aromatic carbocycles. The van der Waals surface area contributed by atoms with Gasteiger partial charge in [0, 0.05) is 12.7 Å². The first-order chi connectivity index (χ1) is 7.66. The third-order valence-corrected chi connectivity index (χ3v) is 3.11. The summed E-state index contributed by atoms with van der Waals surface area (Å²) in [5.74, 6) is 0.793. The van der Waals surface area contributed by atoms with E-state index in [4.69, 9.17) is 0 Å². The van der Waals surface area contributed by atoms with Crippen LogP contribution in [0.3, 0.4) is 0 Å². The van der Waals surface area contributed by atoms with Gasteiger partial charge in [-0.3, -0.25) is 9.36 Å². The van der Waals surface area contributed by atoms with Crippen LogP contribution in [0.5, 0.6) is 0 Å². The summed E-state index contributed by atoms with van der Waals surface area (Å²) in [6, 6.07) is 0. The molecule has 1 aromatic heterocycles. The Bertz CT molecular complexity index is 389. The molecule has 0 amide bonds. The lowest BCUT2D eigenvalue weighted by atomic mass is 10.3. The number of rotatable bonds is 6. The minimum absolute atomic E-state index is 0.0728. The van der Waals surface area contributed by atoms with Crippen molar-refractivity contribution in [3.63, 3.8) is 0 Å². The first-order valence-electron chi connectivity index (χ1n) is 5.59. The van der Waals surface area contributed by atoms with Crippen LogP contribution in [-0.2, 0) is 6.54 Å². The Morgan fingerprint density at radius 3 is 2.94 bits per heavy atom. The highest BCUT2D eigenvalue weighted by molar-refractivity contribution is 14.1. The van der Waals surface area contributed by atoms with E-state index in [9.17, 15) is 4.79 Å². The van der Waals surface area contributed by atoms with Crippen LogP contribution < -0.4 is 10.9 Å². The SMILES string of the molecule is CCCNCCCn1c(C)ncc(I)c1=O. The second kappa shape index (κ2) is 7.01. The first kappa shape index (κ1) is 13.6. The minimum Gasteiger partial charge on any atom is -0.317 e. The Labute approximate surface area is 110 Å². The summed E-state index contributed by atoms with van der Waals surface area (Å²) < 4.78 is 2.43. The van der Waals surface area contributed by atoms with Crippen LogP contribution in [-0.4, -0.2) is 22.6 Å². The molecule has 1 rings (SSSR count). The number of aryl methyl sites for hydroxylation is 1. The number of aromatic nitrogens is 2. The maximum absolute atomic E-state index is 11.8. The summed E-state index contributed by atoms with van der Waals surface area (Å²) in [5.41, 5.74) is 0.0728. The third kappa shape index (κ3) is 3.86. The van der Waals surface area contributed by atoms with Gasteiger partial charge in [-0.2, -0.15) is 0 Å². The van der Waals surface area contributed by atoms with Gasteiger partial charge in [0.05, 0.1) is 3.57 Å². The van der Waals surface area contributed by atoms with Gasteiger partial charge in [-0.15, -0.1) is 0 Å². The maximum Gasteiger partial charge on any atom is 0.266 e. The zero-order valence-corrected chi connectivity index (χ0v) is 12.0. The van der Waals surface area contributed by atoms with E-state index in [1.54, 1.807) is 10.8 Å². The molecule has 0 spiro atoms. The van der Waals surface area contributed by atoms with E-state index in [1.807, 2.05) is 29.5 Å². The van der Waals surface area contributed by atoms with E-state index in [-0.39, 0.29) is 5.56 Å². The largest absolute Gasteiger partial charge is 0.317 e. The molecule has 0 saturated heterocycles. The summed E-state index contributed by atoms with van der Waals surface area (Å²) in [6.45, 7) is 6.75. The van der Waals surface area contributed by atoms with Crippen LogP contribution in [0.15, 0.2) is 11.0 Å². The zero-order chi connectivity index (χ0) is 12.0. The van der Waals surface area contributed by atoms with E-state index in [1.165, 1.54) is 0 Å². The minimum atomic E-state index is 0.0728. The second-order valence-corrected chi connectivity index (χ2v) is 4.88. The predicted octanol–water partition coefficient (Wildman–Crippen LogP) is 1.55. The second-order valence-electron chi connectivity index (χ2n) is 3.71. The molecule has 0 aliphatic carbocycles. The molecule has 5 heteroatoms. The Morgan fingerprint density at radius 1 is 1.50 bits per heavy atom. The standard InChI is InChI=1S/C11H18IN3O/c1-3-5-13-6-4-7-15-9(2)14-8-10(12)11(15)16/h8,13H,3-7H2,1-2H3. The molecule has 0 aliphatic heterocycles. The predicted molar refractivity (Wildman–Crippen MR) is 73.7 cm³/mol. The highest BCUT2D eigenvalue weighted by Gasteiger charge is 2.04. The van der Waals surface area contributed by atoms with Crippen LogP contribution >= 0.6 is 22.6 Å². The van der Waals surface area contributed by atoms with E-state index in [0.29, 0.717) is 3.57 Å². The van der Waals surface area contributed by atoms with Gasteiger partial charge in [-0.1, -0.05) is 6.92 Å². The van der Waals surface area contributed by atoms with Gasteiger partial charge in [0.2, 0.25) is 0 Å². The third-order valence-electron chi connectivity index (χ3n) is 2.37. The Kier molecular flexibility index (Phi) is 5.97.